The summed E-state index contributed by atoms with van der Waals surface area (Å²) in [5, 5.41) is 10.2. The molecule has 0 heterocycles. The first-order valence-corrected chi connectivity index (χ1v) is 8.89. The van der Waals surface area contributed by atoms with Crippen molar-refractivity contribution in [3.63, 3.8) is 0 Å². The van der Waals surface area contributed by atoms with Gasteiger partial charge in [-0.2, -0.15) is 4.31 Å². The lowest BCUT2D eigenvalue weighted by molar-refractivity contribution is 0.0601. The molecule has 1 aromatic rings. The lowest BCUT2D eigenvalue weighted by Crippen LogP contribution is -2.42. The lowest BCUT2D eigenvalue weighted by atomic mass is 10.1. The van der Waals surface area contributed by atoms with Crippen molar-refractivity contribution in [1.82, 2.24) is 4.31 Å². The minimum Gasteiger partial charge on any atom is -0.494 e. The van der Waals surface area contributed by atoms with Gasteiger partial charge < -0.3 is 9.84 Å². The third kappa shape index (κ3) is 4.56. The van der Waals surface area contributed by atoms with E-state index in [1.807, 2.05) is 0 Å². The molecule has 0 unspecified atom stereocenters. The third-order valence-corrected chi connectivity index (χ3v) is 5.45. The third-order valence-electron chi connectivity index (χ3n) is 2.71. The Balaban J connectivity index is 3.42. The maximum atomic E-state index is 12.8. The second-order valence-corrected chi connectivity index (χ2v) is 8.36. The SMILES string of the molecule is CCN(CC(C)(C)O)S(=O)(=O)c1cc(Cl)cc(Br)c1OC. The number of nitrogens with zero attached hydrogens (tertiary/aromatic N) is 1. The van der Waals surface area contributed by atoms with Crippen molar-refractivity contribution in [1.29, 1.82) is 0 Å². The number of benzene rings is 1. The van der Waals surface area contributed by atoms with Crippen molar-refractivity contribution >= 4 is 37.6 Å². The van der Waals surface area contributed by atoms with Crippen LogP contribution in [0.4, 0.5) is 0 Å². The summed E-state index contributed by atoms with van der Waals surface area (Å²) in [7, 11) is -2.45. The van der Waals surface area contributed by atoms with Crippen LogP contribution in [-0.2, 0) is 10.0 Å². The number of aliphatic hydroxyl groups is 1. The summed E-state index contributed by atoms with van der Waals surface area (Å²) in [4.78, 5) is -0.0320. The lowest BCUT2D eigenvalue weighted by Gasteiger charge is -2.28. The van der Waals surface area contributed by atoms with Crippen molar-refractivity contribution in [2.75, 3.05) is 20.2 Å². The molecule has 21 heavy (non-hydrogen) atoms. The highest BCUT2D eigenvalue weighted by molar-refractivity contribution is 9.10. The van der Waals surface area contributed by atoms with Crippen LogP contribution < -0.4 is 4.74 Å². The maximum absolute atomic E-state index is 12.8. The first kappa shape index (κ1) is 18.7. The molecule has 0 bridgehead atoms. The number of sulfonamides is 1. The average Bonchev–Trinajstić information content (AvgIpc) is 2.33. The summed E-state index contributed by atoms with van der Waals surface area (Å²) in [6, 6.07) is 2.90. The van der Waals surface area contributed by atoms with Crippen molar-refractivity contribution < 1.29 is 18.3 Å². The van der Waals surface area contributed by atoms with Crippen molar-refractivity contribution in [3.8, 4) is 5.75 Å². The number of halogens is 2. The maximum Gasteiger partial charge on any atom is 0.246 e. The van der Waals surface area contributed by atoms with E-state index in [9.17, 15) is 13.5 Å². The molecule has 120 valence electrons. The molecule has 0 aliphatic carbocycles. The van der Waals surface area contributed by atoms with Crippen molar-refractivity contribution in [2.24, 2.45) is 0 Å². The van der Waals surface area contributed by atoms with Crippen LogP contribution in [0.2, 0.25) is 5.02 Å². The Morgan fingerprint density at radius 1 is 1.43 bits per heavy atom. The molecule has 0 saturated carbocycles. The quantitative estimate of drug-likeness (QED) is 0.797. The van der Waals surface area contributed by atoms with Gasteiger partial charge in [-0.3, -0.25) is 0 Å². The predicted octanol–water partition coefficient (Wildman–Crippen LogP) is 2.89. The molecular formula is C13H19BrClNO4S. The minimum absolute atomic E-state index is 0.0287. The monoisotopic (exact) mass is 399 g/mol. The van der Waals surface area contributed by atoms with E-state index >= 15 is 0 Å². The number of methoxy groups -OCH3 is 1. The fraction of sp³-hybridized carbons (Fsp3) is 0.538. The van der Waals surface area contributed by atoms with Crippen LogP contribution in [0.5, 0.6) is 5.75 Å². The van der Waals surface area contributed by atoms with E-state index in [0.29, 0.717) is 4.47 Å². The van der Waals surface area contributed by atoms with Gasteiger partial charge in [0.2, 0.25) is 10.0 Å². The standard InChI is InChI=1S/C13H19BrClNO4S/c1-5-16(8-13(2,3)17)21(18,19)11-7-9(15)6-10(14)12(11)20-4/h6-7,17H,5,8H2,1-4H3. The van der Waals surface area contributed by atoms with Crippen LogP contribution in [-0.4, -0.2) is 43.6 Å². The van der Waals surface area contributed by atoms with Gasteiger partial charge in [0.25, 0.3) is 0 Å². The van der Waals surface area contributed by atoms with Gasteiger partial charge in [0.05, 0.1) is 17.2 Å². The van der Waals surface area contributed by atoms with Gasteiger partial charge in [0, 0.05) is 18.1 Å². The molecule has 0 aromatic heterocycles. The second kappa shape index (κ2) is 6.83. The van der Waals surface area contributed by atoms with E-state index in [-0.39, 0.29) is 28.8 Å². The molecule has 0 fully saturated rings. The molecule has 5 nitrogen and oxygen atoms in total. The molecule has 1 rings (SSSR count). The smallest absolute Gasteiger partial charge is 0.246 e. The first-order valence-electron chi connectivity index (χ1n) is 6.28. The van der Waals surface area contributed by atoms with E-state index in [0.717, 1.165) is 0 Å². The summed E-state index contributed by atoms with van der Waals surface area (Å²) in [5.41, 5.74) is -1.15. The highest BCUT2D eigenvalue weighted by Gasteiger charge is 2.31. The summed E-state index contributed by atoms with van der Waals surface area (Å²) in [5.74, 6) is 0.189. The van der Waals surface area contributed by atoms with E-state index in [4.69, 9.17) is 16.3 Å². The second-order valence-electron chi connectivity index (χ2n) is 5.16. The zero-order valence-electron chi connectivity index (χ0n) is 12.4. The van der Waals surface area contributed by atoms with Crippen molar-refractivity contribution in [3.05, 3.63) is 21.6 Å². The molecule has 1 N–H and O–H groups in total. The molecule has 0 amide bonds. The number of rotatable bonds is 6. The zero-order chi connectivity index (χ0) is 16.4. The molecule has 0 atom stereocenters. The summed E-state index contributed by atoms with van der Waals surface area (Å²) < 4.78 is 32.4. The van der Waals surface area contributed by atoms with E-state index in [1.165, 1.54) is 17.5 Å². The number of hydrogen-bond donors (Lipinski definition) is 1. The Kier molecular flexibility index (Phi) is 6.08. The molecule has 0 radical (unpaired) electrons. The number of ether oxygens (including phenoxy) is 1. The van der Waals surface area contributed by atoms with Gasteiger partial charge in [-0.05, 0) is 41.9 Å². The predicted molar refractivity (Wildman–Crippen MR) is 86.4 cm³/mol. The molecular weight excluding hydrogens is 382 g/mol. The van der Waals surface area contributed by atoms with Gasteiger partial charge in [0.1, 0.15) is 4.90 Å². The molecule has 0 aliphatic rings. The Hall–Kier alpha value is -0.340. The Labute approximate surface area is 139 Å². The highest BCUT2D eigenvalue weighted by Crippen LogP contribution is 2.37. The molecule has 0 spiro atoms. The largest absolute Gasteiger partial charge is 0.494 e. The van der Waals surface area contributed by atoms with Crippen LogP contribution >= 0.6 is 27.5 Å². The van der Waals surface area contributed by atoms with E-state index in [1.54, 1.807) is 26.8 Å². The van der Waals surface area contributed by atoms with Crippen LogP contribution in [0.25, 0.3) is 0 Å². The number of likely N-dealkylation sites (N-methyl/N-ethyl adjacent to an activating group) is 1. The normalized spacial score (nSPS) is 12.8. The Bertz CT molecular complexity index is 613. The first-order chi connectivity index (χ1) is 9.52. The Morgan fingerprint density at radius 3 is 2.43 bits per heavy atom. The van der Waals surface area contributed by atoms with Crippen LogP contribution in [0, 0.1) is 0 Å². The molecule has 8 heteroatoms. The van der Waals surface area contributed by atoms with Crippen LogP contribution in [0.1, 0.15) is 20.8 Å². The fourth-order valence-electron chi connectivity index (χ4n) is 1.86. The summed E-state index contributed by atoms with van der Waals surface area (Å²) in [6.45, 7) is 5.00. The fourth-order valence-corrected chi connectivity index (χ4v) is 4.84. The highest BCUT2D eigenvalue weighted by atomic mass is 79.9. The Morgan fingerprint density at radius 2 is 2.00 bits per heavy atom. The minimum atomic E-state index is -3.84. The van der Waals surface area contributed by atoms with Crippen molar-refractivity contribution in [2.45, 2.75) is 31.3 Å². The van der Waals surface area contributed by atoms with Gasteiger partial charge >= 0.3 is 0 Å². The van der Waals surface area contributed by atoms with Gasteiger partial charge in [-0.1, -0.05) is 18.5 Å². The average molecular weight is 401 g/mol. The van der Waals surface area contributed by atoms with Crippen LogP contribution in [0.15, 0.2) is 21.5 Å². The topological polar surface area (TPSA) is 66.8 Å². The van der Waals surface area contributed by atoms with Crippen LogP contribution in [0.3, 0.4) is 0 Å². The summed E-state index contributed by atoms with van der Waals surface area (Å²) >= 11 is 9.19. The molecule has 1 aromatic carbocycles. The zero-order valence-corrected chi connectivity index (χ0v) is 15.5. The van der Waals surface area contributed by atoms with Gasteiger partial charge in [-0.15, -0.1) is 0 Å². The van der Waals surface area contributed by atoms with Gasteiger partial charge in [-0.25, -0.2) is 8.42 Å². The van der Waals surface area contributed by atoms with E-state index in [2.05, 4.69) is 15.9 Å². The van der Waals surface area contributed by atoms with E-state index < -0.39 is 15.6 Å². The molecule has 0 aliphatic heterocycles. The number of hydrogen-bond acceptors (Lipinski definition) is 4. The summed E-state index contributed by atoms with van der Waals surface area (Å²) in [6.07, 6.45) is 0. The van der Waals surface area contributed by atoms with Gasteiger partial charge in [0.15, 0.2) is 5.75 Å². The molecule has 0 saturated heterocycles.